The Morgan fingerprint density at radius 2 is 2.19 bits per heavy atom. The zero-order valence-electron chi connectivity index (χ0n) is 14.4. The molecule has 0 spiro atoms. The van der Waals surface area contributed by atoms with Crippen LogP contribution in [0.4, 0.5) is 19.1 Å². The van der Waals surface area contributed by atoms with E-state index in [4.69, 9.17) is 4.74 Å². The maximum atomic E-state index is 12.9. The third-order valence-corrected chi connectivity index (χ3v) is 4.86. The first-order chi connectivity index (χ1) is 12.9. The van der Waals surface area contributed by atoms with Gasteiger partial charge in [-0.05, 0) is 18.9 Å². The van der Waals surface area contributed by atoms with Gasteiger partial charge in [0.2, 0.25) is 5.95 Å². The van der Waals surface area contributed by atoms with Gasteiger partial charge in [0.05, 0.1) is 31.5 Å². The van der Waals surface area contributed by atoms with Crippen LogP contribution in [-0.4, -0.2) is 38.9 Å². The minimum Gasteiger partial charge on any atom is -0.376 e. The number of nitrogens with zero attached hydrogens (tertiary/aromatic N) is 5. The van der Waals surface area contributed by atoms with Crippen molar-refractivity contribution in [2.45, 2.75) is 44.6 Å². The molecule has 10 heteroatoms. The molecule has 2 aromatic rings. The normalized spacial score (nSPS) is 20.0. The lowest BCUT2D eigenvalue weighted by atomic mass is 10.1. The van der Waals surface area contributed by atoms with E-state index < -0.39 is 11.9 Å². The van der Waals surface area contributed by atoms with E-state index in [0.717, 1.165) is 36.4 Å². The Labute approximate surface area is 152 Å². The van der Waals surface area contributed by atoms with Gasteiger partial charge in [-0.2, -0.15) is 18.3 Å². The largest absolute Gasteiger partial charge is 0.433 e. The lowest BCUT2D eigenvalue weighted by molar-refractivity contribution is -0.141. The number of alkyl halides is 3. The quantitative estimate of drug-likeness (QED) is 0.807. The Morgan fingerprint density at radius 3 is 3.00 bits per heavy atom. The summed E-state index contributed by atoms with van der Waals surface area (Å²) in [6.07, 6.45) is -1.25. The van der Waals surface area contributed by atoms with Crippen molar-refractivity contribution in [1.29, 1.82) is 0 Å². The Hall–Kier alpha value is -2.49. The number of anilines is 1. The smallest absolute Gasteiger partial charge is 0.376 e. The predicted octanol–water partition coefficient (Wildman–Crippen LogP) is 1.79. The summed E-state index contributed by atoms with van der Waals surface area (Å²) in [4.78, 5) is 21.8. The molecule has 7 nitrogen and oxygen atoms in total. The van der Waals surface area contributed by atoms with Crippen LogP contribution in [0.25, 0.3) is 0 Å². The topological polar surface area (TPSA) is 73.1 Å². The van der Waals surface area contributed by atoms with E-state index in [9.17, 15) is 18.0 Å². The van der Waals surface area contributed by atoms with Crippen LogP contribution in [0.15, 0.2) is 23.1 Å². The lowest BCUT2D eigenvalue weighted by Crippen LogP contribution is -2.39. The molecule has 0 N–H and O–H groups in total. The van der Waals surface area contributed by atoms with Gasteiger partial charge in [0.1, 0.15) is 5.69 Å². The number of hydrogen-bond acceptors (Lipinski definition) is 6. The van der Waals surface area contributed by atoms with Gasteiger partial charge in [0, 0.05) is 30.8 Å². The third kappa shape index (κ3) is 3.66. The zero-order valence-corrected chi connectivity index (χ0v) is 14.4. The summed E-state index contributed by atoms with van der Waals surface area (Å²) in [5.74, 6) is 0.0340. The summed E-state index contributed by atoms with van der Waals surface area (Å²) in [5, 5.41) is 4.44. The van der Waals surface area contributed by atoms with Crippen molar-refractivity contribution in [3.63, 3.8) is 0 Å². The molecule has 0 amide bonds. The molecule has 2 aliphatic heterocycles. The molecule has 4 rings (SSSR count). The van der Waals surface area contributed by atoms with Crippen LogP contribution in [-0.2, 0) is 30.5 Å². The molecular formula is C17H18F3N5O2. The first-order valence-electron chi connectivity index (χ1n) is 8.76. The van der Waals surface area contributed by atoms with Crippen LogP contribution in [0, 0.1) is 0 Å². The second kappa shape index (κ2) is 6.91. The van der Waals surface area contributed by atoms with Crippen molar-refractivity contribution in [3.8, 4) is 0 Å². The molecule has 27 heavy (non-hydrogen) atoms. The van der Waals surface area contributed by atoms with Gasteiger partial charge >= 0.3 is 6.18 Å². The summed E-state index contributed by atoms with van der Waals surface area (Å²) in [7, 11) is 0. The Balaban J connectivity index is 1.59. The Kier molecular flexibility index (Phi) is 4.58. The SMILES string of the molecule is O=c1cc2c(nn1CC1CCCN1c1nccc(C(F)(F)F)n1)CCOC2. The van der Waals surface area contributed by atoms with Crippen molar-refractivity contribution in [1.82, 2.24) is 19.7 Å². The van der Waals surface area contributed by atoms with Crippen LogP contribution in [0.2, 0.25) is 0 Å². The van der Waals surface area contributed by atoms with Gasteiger partial charge in [-0.3, -0.25) is 4.79 Å². The number of ether oxygens (including phenoxy) is 1. The average molecular weight is 381 g/mol. The molecule has 144 valence electrons. The van der Waals surface area contributed by atoms with Crippen molar-refractivity contribution in [2.24, 2.45) is 0 Å². The number of hydrogen-bond donors (Lipinski definition) is 0. The predicted molar refractivity (Wildman–Crippen MR) is 89.3 cm³/mol. The molecule has 2 aliphatic rings. The van der Waals surface area contributed by atoms with Gasteiger partial charge in [-0.15, -0.1) is 0 Å². The average Bonchev–Trinajstić information content (AvgIpc) is 3.10. The molecular weight excluding hydrogens is 363 g/mol. The van der Waals surface area contributed by atoms with E-state index in [2.05, 4.69) is 15.1 Å². The van der Waals surface area contributed by atoms with Crippen LogP contribution in [0.3, 0.4) is 0 Å². The highest BCUT2D eigenvalue weighted by atomic mass is 19.4. The minimum absolute atomic E-state index is 0.0340. The third-order valence-electron chi connectivity index (χ3n) is 4.86. The van der Waals surface area contributed by atoms with Gasteiger partial charge in [-0.25, -0.2) is 14.6 Å². The molecule has 1 unspecified atom stereocenters. The van der Waals surface area contributed by atoms with Crippen molar-refractivity contribution in [3.05, 3.63) is 45.6 Å². The first kappa shape index (κ1) is 17.9. The zero-order chi connectivity index (χ0) is 19.0. The molecule has 2 aromatic heterocycles. The Morgan fingerprint density at radius 1 is 1.33 bits per heavy atom. The molecule has 4 heterocycles. The van der Waals surface area contributed by atoms with E-state index in [1.807, 2.05) is 0 Å². The van der Waals surface area contributed by atoms with Crippen LogP contribution in [0.5, 0.6) is 0 Å². The molecule has 0 radical (unpaired) electrons. The van der Waals surface area contributed by atoms with Crippen LogP contribution in [0.1, 0.15) is 29.8 Å². The summed E-state index contributed by atoms with van der Waals surface area (Å²) in [6.45, 7) is 1.77. The van der Waals surface area contributed by atoms with Gasteiger partial charge < -0.3 is 9.64 Å². The fourth-order valence-electron chi connectivity index (χ4n) is 3.52. The lowest BCUT2D eigenvalue weighted by Gasteiger charge is -2.26. The Bertz CT molecular complexity index is 899. The van der Waals surface area contributed by atoms with Crippen molar-refractivity contribution >= 4 is 5.95 Å². The molecule has 0 bridgehead atoms. The highest BCUT2D eigenvalue weighted by Crippen LogP contribution is 2.30. The second-order valence-electron chi connectivity index (χ2n) is 6.67. The van der Waals surface area contributed by atoms with Gasteiger partial charge in [0.15, 0.2) is 0 Å². The fourth-order valence-corrected chi connectivity index (χ4v) is 3.52. The summed E-state index contributed by atoms with van der Waals surface area (Å²) < 4.78 is 45.5. The van der Waals surface area contributed by atoms with Crippen molar-refractivity contribution < 1.29 is 17.9 Å². The maximum absolute atomic E-state index is 12.9. The van der Waals surface area contributed by atoms with Crippen LogP contribution < -0.4 is 10.5 Å². The van der Waals surface area contributed by atoms with Gasteiger partial charge in [-0.1, -0.05) is 0 Å². The number of fused-ring (bicyclic) bond motifs is 1. The monoisotopic (exact) mass is 381 g/mol. The van der Waals surface area contributed by atoms with E-state index in [1.54, 1.807) is 4.90 Å². The van der Waals surface area contributed by atoms with E-state index in [-0.39, 0.29) is 24.1 Å². The second-order valence-corrected chi connectivity index (χ2v) is 6.67. The summed E-state index contributed by atoms with van der Waals surface area (Å²) in [5.41, 5.74) is 0.422. The molecule has 1 saturated heterocycles. The van der Waals surface area contributed by atoms with Crippen molar-refractivity contribution in [2.75, 3.05) is 18.1 Å². The highest BCUT2D eigenvalue weighted by Gasteiger charge is 2.35. The molecule has 1 fully saturated rings. The number of halogens is 3. The van der Waals surface area contributed by atoms with E-state index in [0.29, 0.717) is 26.2 Å². The molecule has 0 aliphatic carbocycles. The summed E-state index contributed by atoms with van der Waals surface area (Å²) in [6, 6.07) is 2.20. The standard InChI is InChI=1S/C17H18F3N5O2/c18-17(19,20)14-3-5-21-16(22-14)24-6-1-2-12(24)9-25-15(26)8-11-10-27-7-4-13(11)23-25/h3,5,8,12H,1-2,4,6-7,9-10H2. The fraction of sp³-hybridized carbons (Fsp3) is 0.529. The number of rotatable bonds is 3. The highest BCUT2D eigenvalue weighted by molar-refractivity contribution is 5.34. The van der Waals surface area contributed by atoms with Gasteiger partial charge in [0.25, 0.3) is 5.56 Å². The molecule has 0 saturated carbocycles. The van der Waals surface area contributed by atoms with Crippen LogP contribution >= 0.6 is 0 Å². The molecule has 0 aromatic carbocycles. The molecule has 1 atom stereocenters. The van der Waals surface area contributed by atoms with E-state index >= 15 is 0 Å². The first-order valence-corrected chi connectivity index (χ1v) is 8.76. The minimum atomic E-state index is -4.52. The summed E-state index contributed by atoms with van der Waals surface area (Å²) >= 11 is 0. The number of aromatic nitrogens is 4. The maximum Gasteiger partial charge on any atom is 0.433 e. The van der Waals surface area contributed by atoms with E-state index in [1.165, 1.54) is 10.7 Å².